The Morgan fingerprint density at radius 3 is 1.87 bits per heavy atom. The zero-order valence-electron chi connectivity index (χ0n) is 10.4. The minimum atomic E-state index is -2.81. The maximum absolute atomic E-state index is 5.60. The summed E-state index contributed by atoms with van der Waals surface area (Å²) >= 11 is 0. The van der Waals surface area contributed by atoms with E-state index < -0.39 is 9.05 Å². The van der Waals surface area contributed by atoms with Gasteiger partial charge in [0.1, 0.15) is 0 Å². The molecule has 4 nitrogen and oxygen atoms in total. The number of unbranched alkanes of at least 4 members (excludes halogenated alkanes) is 2. The van der Waals surface area contributed by atoms with Crippen LogP contribution in [0.5, 0.6) is 0 Å². The first-order valence-corrected chi connectivity index (χ1v) is 7.26. The molecule has 0 aliphatic heterocycles. The number of rotatable bonds is 10. The van der Waals surface area contributed by atoms with Crippen molar-refractivity contribution in [2.24, 2.45) is 0 Å². The van der Waals surface area contributed by atoms with Crippen molar-refractivity contribution in [3.05, 3.63) is 0 Å². The van der Waals surface area contributed by atoms with Crippen molar-refractivity contribution in [2.45, 2.75) is 39.5 Å². The molecule has 0 spiro atoms. The van der Waals surface area contributed by atoms with Gasteiger partial charge in [-0.1, -0.05) is 26.7 Å². The number of hydrogen-bond donors (Lipinski definition) is 0. The molecular formula is C10H24O4Si. The Morgan fingerprint density at radius 2 is 1.40 bits per heavy atom. The molecule has 0 unspecified atom stereocenters. The summed E-state index contributed by atoms with van der Waals surface area (Å²) in [6, 6.07) is 0. The van der Waals surface area contributed by atoms with Crippen LogP contribution in [0.25, 0.3) is 0 Å². The molecule has 0 aromatic rings. The highest BCUT2D eigenvalue weighted by Crippen LogP contribution is 2.11. The molecule has 0 aliphatic rings. The summed E-state index contributed by atoms with van der Waals surface area (Å²) in [6.45, 7) is 5.46. The Hall–Kier alpha value is 0.0569. The van der Waals surface area contributed by atoms with E-state index in [0.717, 1.165) is 19.3 Å². The van der Waals surface area contributed by atoms with E-state index in [2.05, 4.69) is 6.92 Å². The van der Waals surface area contributed by atoms with Crippen molar-refractivity contribution in [1.82, 2.24) is 0 Å². The molecule has 0 radical (unpaired) electrons. The minimum Gasteiger partial charge on any atom is -0.355 e. The molecule has 0 atom stereocenters. The fourth-order valence-corrected chi connectivity index (χ4v) is 2.71. The first-order chi connectivity index (χ1) is 7.24. The second kappa shape index (κ2) is 9.29. The van der Waals surface area contributed by atoms with E-state index in [9.17, 15) is 0 Å². The summed E-state index contributed by atoms with van der Waals surface area (Å²) in [5.74, 6) is 0. The molecular weight excluding hydrogens is 212 g/mol. The molecule has 0 fully saturated rings. The average Bonchev–Trinajstić information content (AvgIpc) is 2.29. The average molecular weight is 236 g/mol. The van der Waals surface area contributed by atoms with Crippen molar-refractivity contribution < 1.29 is 17.7 Å². The van der Waals surface area contributed by atoms with Crippen LogP contribution in [-0.2, 0) is 17.7 Å². The largest absolute Gasteiger partial charge is 0.679 e. The van der Waals surface area contributed by atoms with Gasteiger partial charge in [0.05, 0.1) is 0 Å². The highest BCUT2D eigenvalue weighted by Gasteiger charge is 2.43. The Kier molecular flexibility index (Phi) is 9.33. The minimum absolute atomic E-state index is 0.613. The second-order valence-electron chi connectivity index (χ2n) is 3.31. The molecule has 0 aliphatic carbocycles. The van der Waals surface area contributed by atoms with E-state index in [4.69, 9.17) is 17.7 Å². The van der Waals surface area contributed by atoms with Gasteiger partial charge >= 0.3 is 9.05 Å². The van der Waals surface area contributed by atoms with Crippen molar-refractivity contribution in [1.29, 1.82) is 0 Å². The van der Waals surface area contributed by atoms with Gasteiger partial charge in [-0.3, -0.25) is 0 Å². The lowest BCUT2D eigenvalue weighted by Gasteiger charge is -2.24. The Balaban J connectivity index is 3.88. The van der Waals surface area contributed by atoms with Gasteiger partial charge in [0.15, 0.2) is 0 Å². The Labute approximate surface area is 94.4 Å². The summed E-state index contributed by atoms with van der Waals surface area (Å²) in [4.78, 5) is 0. The third-order valence-electron chi connectivity index (χ3n) is 2.01. The summed E-state index contributed by atoms with van der Waals surface area (Å²) in [7, 11) is 0.335. The van der Waals surface area contributed by atoms with Gasteiger partial charge in [-0.2, -0.15) is 0 Å². The first-order valence-electron chi connectivity index (χ1n) is 5.62. The highest BCUT2D eigenvalue weighted by atomic mass is 28.4. The quantitative estimate of drug-likeness (QED) is 0.431. The van der Waals surface area contributed by atoms with Gasteiger partial charge in [0, 0.05) is 27.4 Å². The van der Waals surface area contributed by atoms with E-state index >= 15 is 0 Å². The standard InChI is InChI=1S/C10H24O4Si/c1-5-7-8-10-14-15(11-3,12-4)13-9-6-2/h5-10H2,1-4H3. The SMILES string of the molecule is CCCCCO[Si](OC)(OC)OCCC. The molecule has 0 bridgehead atoms. The van der Waals surface area contributed by atoms with E-state index in [1.165, 1.54) is 6.42 Å². The molecule has 5 heteroatoms. The summed E-state index contributed by atoms with van der Waals surface area (Å²) in [6.07, 6.45) is 4.28. The molecule has 0 amide bonds. The van der Waals surface area contributed by atoms with Gasteiger partial charge in [-0.25, -0.2) is 0 Å². The van der Waals surface area contributed by atoms with Crippen LogP contribution in [0.2, 0.25) is 0 Å². The topological polar surface area (TPSA) is 36.9 Å². The molecule has 0 rings (SSSR count). The van der Waals surface area contributed by atoms with Gasteiger partial charge in [0.2, 0.25) is 0 Å². The molecule has 0 aromatic heterocycles. The number of hydrogen-bond acceptors (Lipinski definition) is 4. The maximum Gasteiger partial charge on any atom is 0.679 e. The van der Waals surface area contributed by atoms with Gasteiger partial charge in [0.25, 0.3) is 0 Å². The van der Waals surface area contributed by atoms with Gasteiger partial charge < -0.3 is 17.7 Å². The van der Waals surface area contributed by atoms with Gasteiger partial charge in [-0.15, -0.1) is 0 Å². The second-order valence-corrected chi connectivity index (χ2v) is 5.71. The van der Waals surface area contributed by atoms with Crippen LogP contribution in [-0.4, -0.2) is 36.5 Å². The lowest BCUT2D eigenvalue weighted by atomic mass is 10.3. The van der Waals surface area contributed by atoms with Crippen LogP contribution >= 0.6 is 0 Å². The van der Waals surface area contributed by atoms with Crippen LogP contribution in [0, 0.1) is 0 Å². The molecule has 0 saturated carbocycles. The Bertz CT molecular complexity index is 139. The van der Waals surface area contributed by atoms with Crippen LogP contribution in [0.1, 0.15) is 39.5 Å². The monoisotopic (exact) mass is 236 g/mol. The third kappa shape index (κ3) is 6.27. The lowest BCUT2D eigenvalue weighted by Crippen LogP contribution is -2.47. The summed E-state index contributed by atoms with van der Waals surface area (Å²) in [5, 5.41) is 0. The summed E-state index contributed by atoms with van der Waals surface area (Å²) in [5.41, 5.74) is 0. The fourth-order valence-electron chi connectivity index (χ4n) is 1.14. The third-order valence-corrected chi connectivity index (χ3v) is 4.13. The maximum atomic E-state index is 5.60. The van der Waals surface area contributed by atoms with E-state index in [1.54, 1.807) is 14.2 Å². The van der Waals surface area contributed by atoms with E-state index in [-0.39, 0.29) is 0 Å². The smallest absolute Gasteiger partial charge is 0.355 e. The predicted molar refractivity (Wildman–Crippen MR) is 61.5 cm³/mol. The fraction of sp³-hybridized carbons (Fsp3) is 1.00. The van der Waals surface area contributed by atoms with Crippen LogP contribution in [0.3, 0.4) is 0 Å². The van der Waals surface area contributed by atoms with Crippen molar-refractivity contribution in [3.8, 4) is 0 Å². The molecule has 0 aromatic carbocycles. The Morgan fingerprint density at radius 1 is 0.800 bits per heavy atom. The van der Waals surface area contributed by atoms with Crippen LogP contribution in [0.4, 0.5) is 0 Å². The normalized spacial score (nSPS) is 12.0. The predicted octanol–water partition coefficient (Wildman–Crippen LogP) is 2.35. The zero-order chi connectivity index (χ0) is 11.6. The van der Waals surface area contributed by atoms with Crippen molar-refractivity contribution >= 4 is 9.05 Å². The lowest BCUT2D eigenvalue weighted by molar-refractivity contribution is -0.00956. The zero-order valence-corrected chi connectivity index (χ0v) is 11.4. The highest BCUT2D eigenvalue weighted by molar-refractivity contribution is 6.53. The van der Waals surface area contributed by atoms with Crippen LogP contribution in [0.15, 0.2) is 0 Å². The molecule has 15 heavy (non-hydrogen) atoms. The molecule has 0 heterocycles. The van der Waals surface area contributed by atoms with Crippen molar-refractivity contribution in [3.63, 3.8) is 0 Å². The van der Waals surface area contributed by atoms with Gasteiger partial charge in [-0.05, 0) is 12.8 Å². The summed E-state index contributed by atoms with van der Waals surface area (Å²) < 4.78 is 21.6. The van der Waals surface area contributed by atoms with Crippen molar-refractivity contribution in [2.75, 3.05) is 27.4 Å². The first kappa shape index (κ1) is 15.1. The molecule has 0 N–H and O–H groups in total. The van der Waals surface area contributed by atoms with Crippen LogP contribution < -0.4 is 0 Å². The van der Waals surface area contributed by atoms with E-state index in [0.29, 0.717) is 13.2 Å². The van der Waals surface area contributed by atoms with E-state index in [1.807, 2.05) is 6.92 Å². The molecule has 92 valence electrons. The molecule has 0 saturated heterocycles.